The first-order chi connectivity index (χ1) is 11.7. The average molecular weight is 351 g/mol. The number of hydrogen-bond acceptors (Lipinski definition) is 5. The third kappa shape index (κ3) is 5.96. The van der Waals surface area contributed by atoms with E-state index in [-0.39, 0.29) is 17.7 Å². The molecule has 0 aliphatic rings. The summed E-state index contributed by atoms with van der Waals surface area (Å²) >= 11 is 5.84. The Bertz CT molecular complexity index is 649. The van der Waals surface area contributed by atoms with Crippen LogP contribution < -0.4 is 19.5 Å². The molecule has 0 unspecified atom stereocenters. The number of halogens is 1. The van der Waals surface area contributed by atoms with Crippen molar-refractivity contribution in [2.75, 3.05) is 26.4 Å². The number of aromatic nitrogens is 1. The lowest BCUT2D eigenvalue weighted by molar-refractivity contribution is -0.123. The first-order valence-corrected chi connectivity index (χ1v) is 7.92. The quantitative estimate of drug-likeness (QED) is 0.556. The summed E-state index contributed by atoms with van der Waals surface area (Å²) in [4.78, 5) is 15.5. The molecule has 0 atom stereocenters. The van der Waals surface area contributed by atoms with E-state index in [1.807, 2.05) is 31.2 Å². The van der Waals surface area contributed by atoms with E-state index in [0.717, 1.165) is 5.75 Å². The van der Waals surface area contributed by atoms with E-state index in [4.69, 9.17) is 25.8 Å². The van der Waals surface area contributed by atoms with Gasteiger partial charge in [-0.15, -0.1) is 0 Å². The minimum Gasteiger partial charge on any atom is -0.494 e. The summed E-state index contributed by atoms with van der Waals surface area (Å²) in [5.41, 5.74) is 0. The van der Waals surface area contributed by atoms with Crippen molar-refractivity contribution >= 4 is 17.5 Å². The third-order valence-electron chi connectivity index (χ3n) is 2.91. The first-order valence-electron chi connectivity index (χ1n) is 7.54. The monoisotopic (exact) mass is 350 g/mol. The standard InChI is InChI=1S/C17H19ClN2O4/c1-2-22-13-5-7-14(8-6-13)23-11-10-19-16(21)12-24-15-4-3-9-20-17(15)18/h3-9H,2,10-12H2,1H3,(H,19,21). The molecule has 0 aliphatic heterocycles. The number of ether oxygens (including phenoxy) is 3. The van der Waals surface area contributed by atoms with E-state index in [2.05, 4.69) is 10.3 Å². The summed E-state index contributed by atoms with van der Waals surface area (Å²) < 4.78 is 16.2. The van der Waals surface area contributed by atoms with E-state index < -0.39 is 0 Å². The smallest absolute Gasteiger partial charge is 0.258 e. The second-order valence-electron chi connectivity index (χ2n) is 4.68. The third-order valence-corrected chi connectivity index (χ3v) is 3.20. The van der Waals surface area contributed by atoms with Gasteiger partial charge in [0.15, 0.2) is 17.5 Å². The molecule has 0 radical (unpaired) electrons. The molecule has 7 heteroatoms. The molecule has 0 spiro atoms. The number of carbonyl (C=O) groups is 1. The fraction of sp³-hybridized carbons (Fsp3) is 0.294. The highest BCUT2D eigenvalue weighted by Crippen LogP contribution is 2.20. The lowest BCUT2D eigenvalue weighted by Crippen LogP contribution is -2.32. The number of amides is 1. The fourth-order valence-electron chi connectivity index (χ4n) is 1.83. The molecule has 2 aromatic rings. The highest BCUT2D eigenvalue weighted by Gasteiger charge is 2.05. The number of carbonyl (C=O) groups excluding carboxylic acids is 1. The van der Waals surface area contributed by atoms with Crippen molar-refractivity contribution in [3.8, 4) is 17.2 Å². The minimum absolute atomic E-state index is 0.130. The van der Waals surface area contributed by atoms with Crippen molar-refractivity contribution in [2.24, 2.45) is 0 Å². The summed E-state index contributed by atoms with van der Waals surface area (Å²) in [6.07, 6.45) is 1.55. The maximum Gasteiger partial charge on any atom is 0.258 e. The molecule has 0 saturated heterocycles. The Morgan fingerprint density at radius 2 is 1.83 bits per heavy atom. The van der Waals surface area contributed by atoms with Gasteiger partial charge in [-0.3, -0.25) is 4.79 Å². The SMILES string of the molecule is CCOc1ccc(OCCNC(=O)COc2cccnc2Cl)cc1. The molecule has 1 amide bonds. The first kappa shape index (κ1) is 17.9. The van der Waals surface area contributed by atoms with Crippen LogP contribution in [0.4, 0.5) is 0 Å². The molecule has 128 valence electrons. The predicted octanol–water partition coefficient (Wildman–Crippen LogP) is 2.71. The van der Waals surface area contributed by atoms with E-state index in [1.54, 1.807) is 18.3 Å². The number of hydrogen-bond donors (Lipinski definition) is 1. The molecule has 0 saturated carbocycles. The predicted molar refractivity (Wildman–Crippen MR) is 90.9 cm³/mol. The van der Waals surface area contributed by atoms with Crippen LogP contribution in [0.1, 0.15) is 6.92 Å². The van der Waals surface area contributed by atoms with Gasteiger partial charge in [0.25, 0.3) is 5.91 Å². The van der Waals surface area contributed by atoms with Crippen LogP contribution in [0.2, 0.25) is 5.15 Å². The van der Waals surface area contributed by atoms with Crippen molar-refractivity contribution in [3.63, 3.8) is 0 Å². The molecule has 2 rings (SSSR count). The van der Waals surface area contributed by atoms with Crippen LogP contribution >= 0.6 is 11.6 Å². The van der Waals surface area contributed by atoms with Crippen LogP contribution in [-0.4, -0.2) is 37.3 Å². The van der Waals surface area contributed by atoms with Gasteiger partial charge in [-0.1, -0.05) is 11.6 Å². The zero-order valence-corrected chi connectivity index (χ0v) is 14.1. The summed E-state index contributed by atoms with van der Waals surface area (Å²) in [5.74, 6) is 1.63. The van der Waals surface area contributed by atoms with E-state index in [1.165, 1.54) is 0 Å². The molecule has 0 fully saturated rings. The van der Waals surface area contributed by atoms with Crippen molar-refractivity contribution in [2.45, 2.75) is 6.92 Å². The number of rotatable bonds is 9. The van der Waals surface area contributed by atoms with Crippen LogP contribution in [0.25, 0.3) is 0 Å². The van der Waals surface area contributed by atoms with Crippen LogP contribution in [0.3, 0.4) is 0 Å². The van der Waals surface area contributed by atoms with Crippen LogP contribution in [0.5, 0.6) is 17.2 Å². The van der Waals surface area contributed by atoms with Gasteiger partial charge in [0.2, 0.25) is 0 Å². The van der Waals surface area contributed by atoms with E-state index >= 15 is 0 Å². The summed E-state index contributed by atoms with van der Waals surface area (Å²) in [6.45, 7) is 3.15. The number of nitrogens with zero attached hydrogens (tertiary/aromatic N) is 1. The molecule has 1 aromatic heterocycles. The Morgan fingerprint density at radius 3 is 2.50 bits per heavy atom. The van der Waals surface area contributed by atoms with Crippen LogP contribution in [0.15, 0.2) is 42.6 Å². The Kier molecular flexibility index (Phi) is 7.17. The van der Waals surface area contributed by atoms with Crippen molar-refractivity contribution in [3.05, 3.63) is 47.7 Å². The number of nitrogens with one attached hydrogen (secondary N) is 1. The second kappa shape index (κ2) is 9.62. The van der Waals surface area contributed by atoms with Gasteiger partial charge in [0.1, 0.15) is 18.1 Å². The van der Waals surface area contributed by atoms with Gasteiger partial charge >= 0.3 is 0 Å². The van der Waals surface area contributed by atoms with Crippen LogP contribution in [-0.2, 0) is 4.79 Å². The fourth-order valence-corrected chi connectivity index (χ4v) is 2.01. The Balaban J connectivity index is 1.63. The Morgan fingerprint density at radius 1 is 1.12 bits per heavy atom. The summed E-state index contributed by atoms with van der Waals surface area (Å²) in [7, 11) is 0. The van der Waals surface area contributed by atoms with Crippen molar-refractivity contribution < 1.29 is 19.0 Å². The normalized spacial score (nSPS) is 10.1. The molecule has 1 N–H and O–H groups in total. The van der Waals surface area contributed by atoms with Gasteiger partial charge in [0.05, 0.1) is 13.2 Å². The van der Waals surface area contributed by atoms with Gasteiger partial charge < -0.3 is 19.5 Å². The topological polar surface area (TPSA) is 69.7 Å². The highest BCUT2D eigenvalue weighted by molar-refractivity contribution is 6.30. The largest absolute Gasteiger partial charge is 0.494 e. The second-order valence-corrected chi connectivity index (χ2v) is 5.04. The highest BCUT2D eigenvalue weighted by atomic mass is 35.5. The summed E-state index contributed by atoms with van der Waals surface area (Å²) in [6, 6.07) is 10.6. The lowest BCUT2D eigenvalue weighted by Gasteiger charge is -2.10. The maximum atomic E-state index is 11.7. The molecule has 0 bridgehead atoms. The molecule has 0 aliphatic carbocycles. The Labute approximate surface area is 145 Å². The van der Waals surface area contributed by atoms with E-state index in [9.17, 15) is 4.79 Å². The molecule has 1 aromatic carbocycles. The number of pyridine rings is 1. The molecule has 6 nitrogen and oxygen atoms in total. The number of benzene rings is 1. The van der Waals surface area contributed by atoms with Gasteiger partial charge in [0, 0.05) is 6.20 Å². The van der Waals surface area contributed by atoms with Crippen LogP contribution in [0, 0.1) is 0 Å². The maximum absolute atomic E-state index is 11.7. The zero-order chi connectivity index (χ0) is 17.2. The van der Waals surface area contributed by atoms with Crippen molar-refractivity contribution in [1.29, 1.82) is 0 Å². The summed E-state index contributed by atoms with van der Waals surface area (Å²) in [5, 5.41) is 2.92. The van der Waals surface area contributed by atoms with Crippen molar-refractivity contribution in [1.82, 2.24) is 10.3 Å². The molecule has 1 heterocycles. The molecular formula is C17H19ClN2O4. The lowest BCUT2D eigenvalue weighted by atomic mass is 10.3. The zero-order valence-electron chi connectivity index (χ0n) is 13.3. The Hall–Kier alpha value is -2.47. The molecule has 24 heavy (non-hydrogen) atoms. The van der Waals surface area contributed by atoms with E-state index in [0.29, 0.717) is 31.3 Å². The van der Waals surface area contributed by atoms with Gasteiger partial charge in [-0.2, -0.15) is 0 Å². The van der Waals surface area contributed by atoms with Gasteiger partial charge in [-0.25, -0.2) is 4.98 Å². The van der Waals surface area contributed by atoms with Gasteiger partial charge in [-0.05, 0) is 43.3 Å². The molecular weight excluding hydrogens is 332 g/mol. The minimum atomic E-state index is -0.259. The average Bonchev–Trinajstić information content (AvgIpc) is 2.60.